The van der Waals surface area contributed by atoms with Gasteiger partial charge in [0, 0.05) is 18.4 Å². The molecule has 0 aliphatic heterocycles. The van der Waals surface area contributed by atoms with Crippen molar-refractivity contribution in [2.45, 2.75) is 52.6 Å². The summed E-state index contributed by atoms with van der Waals surface area (Å²) in [5.41, 5.74) is 0.0708. The lowest BCUT2D eigenvalue weighted by Gasteiger charge is -2.51. The van der Waals surface area contributed by atoms with Crippen molar-refractivity contribution in [2.75, 3.05) is 6.61 Å². The highest BCUT2D eigenvalue weighted by Crippen LogP contribution is 2.53. The number of aliphatic hydroxyl groups excluding tert-OH is 2. The Morgan fingerprint density at radius 2 is 2.00 bits per heavy atom. The SMILES string of the molecule is C[C@@H]1[C@H]2C(=O)[C@H]([C@H](C)CO)CC[C@@]2(C)CC[C@@H]1O. The van der Waals surface area contributed by atoms with Gasteiger partial charge in [-0.3, -0.25) is 4.79 Å². The van der Waals surface area contributed by atoms with Gasteiger partial charge in [-0.25, -0.2) is 0 Å². The number of rotatable bonds is 2. The van der Waals surface area contributed by atoms with Crippen LogP contribution in [0.3, 0.4) is 0 Å². The molecule has 2 fully saturated rings. The molecule has 0 amide bonds. The highest BCUT2D eigenvalue weighted by molar-refractivity contribution is 5.85. The van der Waals surface area contributed by atoms with E-state index in [1.807, 2.05) is 13.8 Å². The lowest BCUT2D eigenvalue weighted by molar-refractivity contribution is -0.150. The Hall–Kier alpha value is -0.410. The maximum absolute atomic E-state index is 12.7. The van der Waals surface area contributed by atoms with E-state index in [4.69, 9.17) is 0 Å². The molecule has 2 N–H and O–H groups in total. The quantitative estimate of drug-likeness (QED) is 0.792. The topological polar surface area (TPSA) is 57.5 Å². The summed E-state index contributed by atoms with van der Waals surface area (Å²) in [6, 6.07) is 0. The number of ketones is 1. The number of fused-ring (bicyclic) bond motifs is 1. The first kappa shape index (κ1) is 14.0. The molecule has 0 spiro atoms. The molecule has 2 saturated carbocycles. The Labute approximate surface area is 110 Å². The second-order valence-electron chi connectivity index (χ2n) is 6.80. The summed E-state index contributed by atoms with van der Waals surface area (Å²) in [6.45, 7) is 6.25. The molecule has 2 rings (SSSR count). The van der Waals surface area contributed by atoms with Crippen LogP contribution in [0, 0.1) is 29.1 Å². The molecule has 2 aliphatic carbocycles. The molecule has 0 unspecified atom stereocenters. The van der Waals surface area contributed by atoms with Gasteiger partial charge in [0.1, 0.15) is 5.78 Å². The number of hydrogen-bond donors (Lipinski definition) is 2. The van der Waals surface area contributed by atoms with Crippen LogP contribution in [0.15, 0.2) is 0 Å². The van der Waals surface area contributed by atoms with Gasteiger partial charge in [0.2, 0.25) is 0 Å². The zero-order valence-electron chi connectivity index (χ0n) is 11.7. The number of Topliss-reactive ketones (excluding diaryl/α,β-unsaturated/α-hetero) is 1. The number of aliphatic hydroxyl groups is 2. The first-order valence-electron chi connectivity index (χ1n) is 7.23. The number of carbonyl (C=O) groups is 1. The van der Waals surface area contributed by atoms with Crippen molar-refractivity contribution >= 4 is 5.78 Å². The van der Waals surface area contributed by atoms with Gasteiger partial charge < -0.3 is 10.2 Å². The van der Waals surface area contributed by atoms with Crippen LogP contribution in [-0.4, -0.2) is 28.7 Å². The first-order chi connectivity index (χ1) is 8.40. The molecule has 0 aromatic carbocycles. The molecule has 0 bridgehead atoms. The summed E-state index contributed by atoms with van der Waals surface area (Å²) < 4.78 is 0. The fourth-order valence-corrected chi connectivity index (χ4v) is 4.19. The molecule has 0 radical (unpaired) electrons. The summed E-state index contributed by atoms with van der Waals surface area (Å²) in [4.78, 5) is 12.7. The minimum atomic E-state index is -0.338. The predicted molar refractivity (Wildman–Crippen MR) is 70.0 cm³/mol. The van der Waals surface area contributed by atoms with E-state index in [9.17, 15) is 15.0 Å². The van der Waals surface area contributed by atoms with Crippen molar-refractivity contribution in [1.29, 1.82) is 0 Å². The Balaban J connectivity index is 2.24. The maximum Gasteiger partial charge on any atom is 0.140 e. The number of hydrogen-bond acceptors (Lipinski definition) is 3. The van der Waals surface area contributed by atoms with E-state index < -0.39 is 0 Å². The van der Waals surface area contributed by atoms with E-state index in [1.54, 1.807) is 0 Å². The van der Waals surface area contributed by atoms with Crippen molar-refractivity contribution in [3.63, 3.8) is 0 Å². The number of carbonyl (C=O) groups excluding carboxylic acids is 1. The van der Waals surface area contributed by atoms with Crippen LogP contribution in [0.4, 0.5) is 0 Å². The largest absolute Gasteiger partial charge is 0.396 e. The summed E-state index contributed by atoms with van der Waals surface area (Å²) >= 11 is 0. The Kier molecular flexibility index (Phi) is 3.84. The van der Waals surface area contributed by atoms with Crippen LogP contribution in [0.2, 0.25) is 0 Å². The minimum Gasteiger partial charge on any atom is -0.396 e. The smallest absolute Gasteiger partial charge is 0.140 e. The summed E-state index contributed by atoms with van der Waals surface area (Å²) in [5.74, 6) is 0.365. The summed E-state index contributed by atoms with van der Waals surface area (Å²) in [5, 5.41) is 19.3. The van der Waals surface area contributed by atoms with E-state index in [0.717, 1.165) is 25.7 Å². The average Bonchev–Trinajstić information content (AvgIpc) is 2.34. The van der Waals surface area contributed by atoms with Gasteiger partial charge >= 0.3 is 0 Å². The van der Waals surface area contributed by atoms with Crippen molar-refractivity contribution in [3.05, 3.63) is 0 Å². The van der Waals surface area contributed by atoms with Gasteiger partial charge in [0.25, 0.3) is 0 Å². The second-order valence-corrected chi connectivity index (χ2v) is 6.80. The van der Waals surface area contributed by atoms with Gasteiger partial charge in [0.15, 0.2) is 0 Å². The molecular formula is C15H26O3. The molecule has 3 nitrogen and oxygen atoms in total. The molecule has 0 heterocycles. The molecule has 18 heavy (non-hydrogen) atoms. The van der Waals surface area contributed by atoms with E-state index in [2.05, 4.69) is 6.92 Å². The van der Waals surface area contributed by atoms with E-state index in [0.29, 0.717) is 0 Å². The van der Waals surface area contributed by atoms with Crippen LogP contribution >= 0.6 is 0 Å². The molecular weight excluding hydrogens is 228 g/mol. The zero-order valence-corrected chi connectivity index (χ0v) is 11.7. The standard InChI is InChI=1S/C15H26O3/c1-9(8-16)11-4-6-15(3)7-5-12(17)10(2)13(15)14(11)18/h9-13,16-17H,4-8H2,1-3H3/t9-,10+,11+,12+,13+,15+/m1/s1. The summed E-state index contributed by atoms with van der Waals surface area (Å²) in [7, 11) is 0. The van der Waals surface area contributed by atoms with Crippen LogP contribution < -0.4 is 0 Å². The second kappa shape index (κ2) is 4.93. The van der Waals surface area contributed by atoms with Crippen LogP contribution in [0.5, 0.6) is 0 Å². The van der Waals surface area contributed by atoms with Gasteiger partial charge in [0.05, 0.1) is 6.10 Å². The summed E-state index contributed by atoms with van der Waals surface area (Å²) in [6.07, 6.45) is 3.39. The van der Waals surface area contributed by atoms with Crippen LogP contribution in [0.1, 0.15) is 46.5 Å². The molecule has 0 aromatic heterocycles. The van der Waals surface area contributed by atoms with Crippen molar-refractivity contribution in [3.8, 4) is 0 Å². The molecule has 3 heteroatoms. The lowest BCUT2D eigenvalue weighted by Crippen LogP contribution is -2.52. The van der Waals surface area contributed by atoms with Gasteiger partial charge in [-0.05, 0) is 42.9 Å². The average molecular weight is 254 g/mol. The van der Waals surface area contributed by atoms with Crippen LogP contribution in [0.25, 0.3) is 0 Å². The molecule has 104 valence electrons. The predicted octanol–water partition coefficient (Wildman–Crippen LogP) is 2.01. The Bertz CT molecular complexity index is 328. The van der Waals surface area contributed by atoms with E-state index in [1.165, 1.54) is 0 Å². The third-order valence-corrected chi connectivity index (χ3v) is 5.57. The third-order valence-electron chi connectivity index (χ3n) is 5.57. The first-order valence-corrected chi connectivity index (χ1v) is 7.23. The molecule has 2 aliphatic rings. The van der Waals surface area contributed by atoms with Gasteiger partial charge in [-0.15, -0.1) is 0 Å². The van der Waals surface area contributed by atoms with E-state index in [-0.39, 0.29) is 47.6 Å². The maximum atomic E-state index is 12.7. The molecule has 0 saturated heterocycles. The fourth-order valence-electron chi connectivity index (χ4n) is 4.19. The Morgan fingerprint density at radius 3 is 2.61 bits per heavy atom. The highest BCUT2D eigenvalue weighted by atomic mass is 16.3. The fraction of sp³-hybridized carbons (Fsp3) is 0.933. The van der Waals surface area contributed by atoms with Crippen LogP contribution in [-0.2, 0) is 4.79 Å². The van der Waals surface area contributed by atoms with Gasteiger partial charge in [-0.2, -0.15) is 0 Å². The third kappa shape index (κ3) is 2.12. The van der Waals surface area contributed by atoms with Gasteiger partial charge in [-0.1, -0.05) is 20.8 Å². The van der Waals surface area contributed by atoms with Crippen molar-refractivity contribution in [2.24, 2.45) is 29.1 Å². The van der Waals surface area contributed by atoms with Crippen molar-refractivity contribution < 1.29 is 15.0 Å². The zero-order chi connectivity index (χ0) is 13.5. The monoisotopic (exact) mass is 254 g/mol. The Morgan fingerprint density at radius 1 is 1.39 bits per heavy atom. The highest BCUT2D eigenvalue weighted by Gasteiger charge is 2.52. The van der Waals surface area contributed by atoms with E-state index >= 15 is 0 Å². The molecule has 0 aromatic rings. The normalized spacial score (nSPS) is 46.6. The lowest BCUT2D eigenvalue weighted by atomic mass is 9.53. The molecule has 6 atom stereocenters. The van der Waals surface area contributed by atoms with Crippen molar-refractivity contribution in [1.82, 2.24) is 0 Å². The minimum absolute atomic E-state index is 0.0131.